The average molecular weight is 434 g/mol. The van der Waals surface area contributed by atoms with Crippen LogP contribution >= 0.6 is 11.3 Å². The van der Waals surface area contributed by atoms with Gasteiger partial charge in [0.05, 0.1) is 12.2 Å². The fourth-order valence-corrected chi connectivity index (χ4v) is 4.57. The van der Waals surface area contributed by atoms with Crippen LogP contribution in [0, 0.1) is 13.8 Å². The molecule has 0 radical (unpaired) electrons. The van der Waals surface area contributed by atoms with Crippen molar-refractivity contribution in [3.05, 3.63) is 87.1 Å². The molecule has 1 atom stereocenters. The first-order valence-corrected chi connectivity index (χ1v) is 10.9. The van der Waals surface area contributed by atoms with Crippen LogP contribution in [-0.4, -0.2) is 23.4 Å². The number of hydrogen-bond acceptors (Lipinski definition) is 5. The summed E-state index contributed by atoms with van der Waals surface area (Å²) in [7, 11) is 0. The number of ketones is 1. The van der Waals surface area contributed by atoms with E-state index in [0.717, 1.165) is 16.0 Å². The molecule has 0 saturated carbocycles. The summed E-state index contributed by atoms with van der Waals surface area (Å²) in [5, 5.41) is 13.0. The predicted octanol–water partition coefficient (Wildman–Crippen LogP) is 5.39. The van der Waals surface area contributed by atoms with Crippen LogP contribution in [0.1, 0.15) is 34.5 Å². The van der Waals surface area contributed by atoms with Gasteiger partial charge in [-0.25, -0.2) is 0 Å². The Labute approximate surface area is 185 Å². The van der Waals surface area contributed by atoms with E-state index in [0.29, 0.717) is 23.6 Å². The molecule has 1 amide bonds. The highest BCUT2D eigenvalue weighted by atomic mass is 32.1. The molecule has 2 aromatic carbocycles. The van der Waals surface area contributed by atoms with Crippen LogP contribution in [0.15, 0.2) is 65.6 Å². The number of thiophene rings is 1. The summed E-state index contributed by atoms with van der Waals surface area (Å²) < 4.78 is 5.58. The quantitative estimate of drug-likeness (QED) is 0.333. The molecule has 1 unspecified atom stereocenters. The van der Waals surface area contributed by atoms with Gasteiger partial charge in [0.2, 0.25) is 0 Å². The van der Waals surface area contributed by atoms with Crippen LogP contribution in [-0.2, 0) is 9.59 Å². The van der Waals surface area contributed by atoms with Crippen molar-refractivity contribution in [1.82, 2.24) is 0 Å². The first-order valence-electron chi connectivity index (χ1n) is 10.1. The Hall–Kier alpha value is -3.38. The van der Waals surface area contributed by atoms with Gasteiger partial charge in [-0.1, -0.05) is 24.3 Å². The molecule has 1 aliphatic heterocycles. The van der Waals surface area contributed by atoms with Gasteiger partial charge < -0.3 is 9.84 Å². The van der Waals surface area contributed by atoms with Crippen molar-refractivity contribution in [1.29, 1.82) is 0 Å². The van der Waals surface area contributed by atoms with Crippen LogP contribution in [0.5, 0.6) is 5.75 Å². The zero-order valence-electron chi connectivity index (χ0n) is 17.6. The minimum atomic E-state index is -0.710. The number of aliphatic hydroxyl groups excluding tert-OH is 1. The van der Waals surface area contributed by atoms with Gasteiger partial charge in [0.15, 0.2) is 0 Å². The molecule has 0 aliphatic carbocycles. The van der Waals surface area contributed by atoms with Crippen LogP contribution in [0.4, 0.5) is 5.69 Å². The second kappa shape index (κ2) is 8.40. The third-order valence-electron chi connectivity index (χ3n) is 5.44. The first kappa shape index (κ1) is 20.9. The van der Waals surface area contributed by atoms with Crippen LogP contribution < -0.4 is 9.64 Å². The molecular weight excluding hydrogens is 410 g/mol. The number of amides is 1. The standard InChI is InChI=1S/C25H23NO4S/c1-4-30-19-8-5-7-18(14-19)26-22(20-9-6-12-31-20)21(24(28)25(26)29)23(27)17-11-10-15(2)16(3)13-17/h5-14,22,27H,4H2,1-3H3/b23-21-. The van der Waals surface area contributed by atoms with E-state index in [2.05, 4.69) is 0 Å². The van der Waals surface area contributed by atoms with Crippen LogP contribution in [0.25, 0.3) is 5.76 Å². The minimum Gasteiger partial charge on any atom is -0.507 e. The molecule has 1 saturated heterocycles. The molecule has 6 heteroatoms. The summed E-state index contributed by atoms with van der Waals surface area (Å²) in [5.41, 5.74) is 3.24. The van der Waals surface area contributed by atoms with Crippen molar-refractivity contribution >= 4 is 34.5 Å². The van der Waals surface area contributed by atoms with E-state index >= 15 is 0 Å². The zero-order chi connectivity index (χ0) is 22.1. The van der Waals surface area contributed by atoms with Gasteiger partial charge in [0, 0.05) is 22.2 Å². The van der Waals surface area contributed by atoms with Crippen molar-refractivity contribution in [2.75, 3.05) is 11.5 Å². The average Bonchev–Trinajstić information content (AvgIpc) is 3.37. The monoisotopic (exact) mass is 433 g/mol. The van der Waals surface area contributed by atoms with E-state index in [1.54, 1.807) is 30.3 Å². The Balaban J connectivity index is 1.90. The topological polar surface area (TPSA) is 66.8 Å². The normalized spacial score (nSPS) is 17.9. The highest BCUT2D eigenvalue weighted by molar-refractivity contribution is 7.10. The van der Waals surface area contributed by atoms with E-state index in [-0.39, 0.29) is 11.3 Å². The molecule has 31 heavy (non-hydrogen) atoms. The van der Waals surface area contributed by atoms with Gasteiger partial charge in [-0.15, -0.1) is 11.3 Å². The summed E-state index contributed by atoms with van der Waals surface area (Å²) in [6, 6.07) is 15.6. The fourth-order valence-electron chi connectivity index (χ4n) is 3.75. The van der Waals surface area contributed by atoms with Crippen molar-refractivity contribution in [2.24, 2.45) is 0 Å². The van der Waals surface area contributed by atoms with Crippen molar-refractivity contribution < 1.29 is 19.4 Å². The Morgan fingerprint density at radius 1 is 1.06 bits per heavy atom. The molecule has 1 aliphatic rings. The SMILES string of the molecule is CCOc1cccc(N2C(=O)C(=O)/C(=C(\O)c3ccc(C)c(C)c3)C2c2cccs2)c1. The number of anilines is 1. The smallest absolute Gasteiger partial charge is 0.300 e. The van der Waals surface area contributed by atoms with Gasteiger partial charge in [0.1, 0.15) is 17.6 Å². The van der Waals surface area contributed by atoms with E-state index in [1.165, 1.54) is 16.2 Å². The van der Waals surface area contributed by atoms with E-state index in [1.807, 2.05) is 50.4 Å². The maximum Gasteiger partial charge on any atom is 0.300 e. The van der Waals surface area contributed by atoms with Gasteiger partial charge >= 0.3 is 0 Å². The van der Waals surface area contributed by atoms with Gasteiger partial charge in [-0.05, 0) is 61.5 Å². The largest absolute Gasteiger partial charge is 0.507 e. The second-order valence-corrected chi connectivity index (χ2v) is 8.39. The Kier molecular flexibility index (Phi) is 5.65. The molecular formula is C25H23NO4S. The lowest BCUT2D eigenvalue weighted by Gasteiger charge is -2.24. The Bertz CT molecular complexity index is 1180. The Morgan fingerprint density at radius 3 is 2.55 bits per heavy atom. The number of Topliss-reactive ketones (excluding diaryl/α,β-unsaturated/α-hetero) is 1. The number of carbonyl (C=O) groups excluding carboxylic acids is 2. The number of carbonyl (C=O) groups is 2. The summed E-state index contributed by atoms with van der Waals surface area (Å²) >= 11 is 1.44. The van der Waals surface area contributed by atoms with Gasteiger partial charge in [0.25, 0.3) is 11.7 Å². The third kappa shape index (κ3) is 3.75. The molecule has 0 spiro atoms. The summed E-state index contributed by atoms with van der Waals surface area (Å²) in [6.45, 7) is 6.30. The maximum absolute atomic E-state index is 13.1. The highest BCUT2D eigenvalue weighted by Crippen LogP contribution is 2.44. The lowest BCUT2D eigenvalue weighted by molar-refractivity contribution is -0.132. The summed E-state index contributed by atoms with van der Waals surface area (Å²) in [5.74, 6) is -0.919. The summed E-state index contributed by atoms with van der Waals surface area (Å²) in [4.78, 5) is 28.5. The zero-order valence-corrected chi connectivity index (χ0v) is 18.4. The molecule has 0 bridgehead atoms. The van der Waals surface area contributed by atoms with Gasteiger partial charge in [-0.3, -0.25) is 14.5 Å². The fraction of sp³-hybridized carbons (Fsp3) is 0.200. The van der Waals surface area contributed by atoms with Gasteiger partial charge in [-0.2, -0.15) is 0 Å². The van der Waals surface area contributed by atoms with E-state index in [4.69, 9.17) is 4.74 Å². The number of rotatable bonds is 5. The highest BCUT2D eigenvalue weighted by Gasteiger charge is 2.47. The first-order chi connectivity index (χ1) is 14.9. The number of ether oxygens (including phenoxy) is 1. The number of nitrogens with zero attached hydrogens (tertiary/aromatic N) is 1. The van der Waals surface area contributed by atoms with E-state index < -0.39 is 17.7 Å². The number of aliphatic hydroxyl groups is 1. The molecule has 5 nitrogen and oxygen atoms in total. The molecule has 1 fully saturated rings. The predicted molar refractivity (Wildman–Crippen MR) is 123 cm³/mol. The molecule has 158 valence electrons. The Morgan fingerprint density at radius 2 is 1.87 bits per heavy atom. The number of hydrogen-bond donors (Lipinski definition) is 1. The lowest BCUT2D eigenvalue weighted by Crippen LogP contribution is -2.29. The van der Waals surface area contributed by atoms with E-state index in [9.17, 15) is 14.7 Å². The second-order valence-electron chi connectivity index (χ2n) is 7.41. The number of aryl methyl sites for hydroxylation is 2. The maximum atomic E-state index is 13.1. The van der Waals surface area contributed by atoms with Crippen molar-refractivity contribution in [3.63, 3.8) is 0 Å². The lowest BCUT2D eigenvalue weighted by atomic mass is 9.97. The van der Waals surface area contributed by atoms with Crippen molar-refractivity contribution in [3.8, 4) is 5.75 Å². The molecule has 1 aromatic heterocycles. The van der Waals surface area contributed by atoms with Crippen molar-refractivity contribution in [2.45, 2.75) is 26.8 Å². The number of benzene rings is 2. The van der Waals surface area contributed by atoms with Crippen LogP contribution in [0.2, 0.25) is 0 Å². The molecule has 4 rings (SSSR count). The third-order valence-corrected chi connectivity index (χ3v) is 6.37. The molecule has 1 N–H and O–H groups in total. The minimum absolute atomic E-state index is 0.0949. The molecule has 3 aromatic rings. The van der Waals surface area contributed by atoms with Crippen LogP contribution in [0.3, 0.4) is 0 Å². The summed E-state index contributed by atoms with van der Waals surface area (Å²) in [6.07, 6.45) is 0. The molecule has 2 heterocycles.